The molecule has 0 radical (unpaired) electrons. The lowest BCUT2D eigenvalue weighted by atomic mass is 9.92. The molecule has 1 aliphatic rings. The molecule has 0 amide bonds. The van der Waals surface area contributed by atoms with E-state index in [1.165, 1.54) is 0 Å². The summed E-state index contributed by atoms with van der Waals surface area (Å²) in [6.07, 6.45) is 1.97. The molecule has 0 bridgehead atoms. The zero-order chi connectivity index (χ0) is 11.4. The second kappa shape index (κ2) is 5.45. The summed E-state index contributed by atoms with van der Waals surface area (Å²) in [6, 6.07) is 0. The van der Waals surface area contributed by atoms with Crippen molar-refractivity contribution in [3.63, 3.8) is 0 Å². The molecule has 1 aromatic heterocycles. The van der Waals surface area contributed by atoms with Crippen LogP contribution in [0, 0.1) is 6.92 Å². The summed E-state index contributed by atoms with van der Waals surface area (Å²) in [5.74, 6) is 0.640. The third kappa shape index (κ3) is 2.94. The van der Waals surface area contributed by atoms with Gasteiger partial charge in [-0.3, -0.25) is 0 Å². The number of rotatable bonds is 4. The van der Waals surface area contributed by atoms with Crippen LogP contribution in [0.15, 0.2) is 5.38 Å². The van der Waals surface area contributed by atoms with Gasteiger partial charge in [0.05, 0.1) is 0 Å². The average Bonchev–Trinajstić information content (AvgIpc) is 2.74. The molecule has 2 heterocycles. The Morgan fingerprint density at radius 1 is 1.56 bits per heavy atom. The number of aryl methyl sites for hydroxylation is 1. The van der Waals surface area contributed by atoms with Gasteiger partial charge in [-0.25, -0.2) is 4.98 Å². The first-order valence-corrected chi connectivity index (χ1v) is 6.95. The monoisotopic (exact) mass is 260 g/mol. The smallest absolute Gasteiger partial charge is 0.107 e. The zero-order valence-corrected chi connectivity index (χ0v) is 11.0. The van der Waals surface area contributed by atoms with Gasteiger partial charge in [0, 0.05) is 42.3 Å². The topological polar surface area (TPSA) is 34.1 Å². The van der Waals surface area contributed by atoms with Gasteiger partial charge in [-0.2, -0.15) is 0 Å². The van der Waals surface area contributed by atoms with Crippen LogP contribution in [0.3, 0.4) is 0 Å². The number of ether oxygens (including phenoxy) is 1. The predicted molar refractivity (Wildman–Crippen MR) is 67.2 cm³/mol. The van der Waals surface area contributed by atoms with Crippen molar-refractivity contribution in [1.29, 1.82) is 0 Å². The van der Waals surface area contributed by atoms with Crippen LogP contribution in [-0.4, -0.2) is 29.6 Å². The Bertz CT molecular complexity index is 336. The van der Waals surface area contributed by atoms with Crippen molar-refractivity contribution in [2.75, 3.05) is 19.1 Å². The van der Waals surface area contributed by atoms with Crippen LogP contribution < -0.4 is 5.32 Å². The van der Waals surface area contributed by atoms with E-state index in [2.05, 4.69) is 15.7 Å². The average molecular weight is 261 g/mol. The molecule has 0 spiro atoms. The van der Waals surface area contributed by atoms with Crippen molar-refractivity contribution in [3.05, 3.63) is 16.1 Å². The molecule has 1 N–H and O–H groups in total. The predicted octanol–water partition coefficient (Wildman–Crippen LogP) is 2.33. The summed E-state index contributed by atoms with van der Waals surface area (Å²) in [5.41, 5.74) is 1.13. The maximum Gasteiger partial charge on any atom is 0.107 e. The lowest BCUT2D eigenvalue weighted by Crippen LogP contribution is -2.50. The first-order valence-electron chi connectivity index (χ1n) is 5.54. The number of alkyl halides is 1. The second-order valence-electron chi connectivity index (χ2n) is 4.26. The van der Waals surface area contributed by atoms with Crippen LogP contribution in [0.1, 0.15) is 23.5 Å². The van der Waals surface area contributed by atoms with E-state index >= 15 is 0 Å². The molecule has 0 aromatic carbocycles. The molecule has 0 atom stereocenters. The number of hydrogen-bond donors (Lipinski definition) is 1. The standard InChI is InChI=1S/C11H17ClN2OS/c1-9-7-16-10(14-9)6-13-11(8-12)2-4-15-5-3-11/h7,13H,2-6,8H2,1H3. The van der Waals surface area contributed by atoms with E-state index in [-0.39, 0.29) is 5.54 Å². The van der Waals surface area contributed by atoms with Gasteiger partial charge in [0.25, 0.3) is 0 Å². The Balaban J connectivity index is 1.91. The van der Waals surface area contributed by atoms with Crippen LogP contribution in [0.25, 0.3) is 0 Å². The third-order valence-corrected chi connectivity index (χ3v) is 4.47. The van der Waals surface area contributed by atoms with Gasteiger partial charge in [-0.15, -0.1) is 22.9 Å². The number of nitrogens with zero attached hydrogens (tertiary/aromatic N) is 1. The minimum Gasteiger partial charge on any atom is -0.381 e. The van der Waals surface area contributed by atoms with E-state index in [1.54, 1.807) is 11.3 Å². The van der Waals surface area contributed by atoms with E-state index in [9.17, 15) is 0 Å². The van der Waals surface area contributed by atoms with Crippen molar-refractivity contribution in [2.45, 2.75) is 31.8 Å². The summed E-state index contributed by atoms with van der Waals surface area (Å²) in [5, 5.41) is 6.76. The van der Waals surface area contributed by atoms with Gasteiger partial charge in [0.2, 0.25) is 0 Å². The summed E-state index contributed by atoms with van der Waals surface area (Å²) in [4.78, 5) is 4.44. The van der Waals surface area contributed by atoms with E-state index in [1.807, 2.05) is 6.92 Å². The van der Waals surface area contributed by atoms with E-state index < -0.39 is 0 Å². The minimum atomic E-state index is 0.0411. The van der Waals surface area contributed by atoms with E-state index in [4.69, 9.17) is 16.3 Å². The molecule has 1 aromatic rings. The van der Waals surface area contributed by atoms with Crippen molar-refractivity contribution in [3.8, 4) is 0 Å². The number of halogens is 1. The fraction of sp³-hybridized carbons (Fsp3) is 0.727. The van der Waals surface area contributed by atoms with Crippen LogP contribution in [0.2, 0.25) is 0 Å². The van der Waals surface area contributed by atoms with Crippen LogP contribution in [-0.2, 0) is 11.3 Å². The van der Waals surface area contributed by atoms with Crippen molar-refractivity contribution < 1.29 is 4.74 Å². The fourth-order valence-electron chi connectivity index (χ4n) is 1.87. The van der Waals surface area contributed by atoms with Crippen molar-refractivity contribution >= 4 is 22.9 Å². The molecule has 16 heavy (non-hydrogen) atoms. The molecule has 2 rings (SSSR count). The SMILES string of the molecule is Cc1csc(CNC2(CCl)CCOCC2)n1. The largest absolute Gasteiger partial charge is 0.381 e. The van der Waals surface area contributed by atoms with Gasteiger partial charge < -0.3 is 10.1 Å². The van der Waals surface area contributed by atoms with Gasteiger partial charge in [0.15, 0.2) is 0 Å². The lowest BCUT2D eigenvalue weighted by molar-refractivity contribution is 0.0459. The second-order valence-corrected chi connectivity index (χ2v) is 5.47. The molecule has 3 nitrogen and oxygen atoms in total. The van der Waals surface area contributed by atoms with Gasteiger partial charge in [-0.05, 0) is 19.8 Å². The van der Waals surface area contributed by atoms with Crippen molar-refractivity contribution in [1.82, 2.24) is 10.3 Å². The first-order chi connectivity index (χ1) is 7.74. The van der Waals surface area contributed by atoms with Crippen LogP contribution in [0.4, 0.5) is 0 Å². The quantitative estimate of drug-likeness (QED) is 0.844. The number of thiazole rings is 1. The van der Waals surface area contributed by atoms with Crippen LogP contribution >= 0.6 is 22.9 Å². The Hall–Kier alpha value is -0.160. The summed E-state index contributed by atoms with van der Waals surface area (Å²) < 4.78 is 5.37. The number of nitrogens with one attached hydrogen (secondary N) is 1. The fourth-order valence-corrected chi connectivity index (χ4v) is 2.94. The molecule has 1 fully saturated rings. The molecule has 0 unspecified atom stereocenters. The maximum atomic E-state index is 6.07. The third-order valence-electron chi connectivity index (χ3n) is 2.99. The number of hydrogen-bond acceptors (Lipinski definition) is 4. The minimum absolute atomic E-state index is 0.0411. The summed E-state index contributed by atoms with van der Waals surface area (Å²) >= 11 is 7.77. The van der Waals surface area contributed by atoms with E-state index in [0.29, 0.717) is 5.88 Å². The normalized spacial score (nSPS) is 19.9. The zero-order valence-electron chi connectivity index (χ0n) is 9.46. The molecule has 0 aliphatic carbocycles. The highest BCUT2D eigenvalue weighted by Crippen LogP contribution is 2.23. The molecule has 0 saturated carbocycles. The van der Waals surface area contributed by atoms with E-state index in [0.717, 1.165) is 43.3 Å². The van der Waals surface area contributed by atoms with Gasteiger partial charge in [0.1, 0.15) is 5.01 Å². The Labute approximate surface area is 105 Å². The molecule has 5 heteroatoms. The van der Waals surface area contributed by atoms with Crippen molar-refractivity contribution in [2.24, 2.45) is 0 Å². The molecule has 90 valence electrons. The molecule has 1 aliphatic heterocycles. The highest BCUT2D eigenvalue weighted by Gasteiger charge is 2.31. The Kier molecular flexibility index (Phi) is 4.19. The first kappa shape index (κ1) is 12.3. The molecular formula is C11H17ClN2OS. The highest BCUT2D eigenvalue weighted by atomic mass is 35.5. The Morgan fingerprint density at radius 2 is 2.31 bits per heavy atom. The van der Waals surface area contributed by atoms with Gasteiger partial charge >= 0.3 is 0 Å². The highest BCUT2D eigenvalue weighted by molar-refractivity contribution is 7.09. The summed E-state index contributed by atoms with van der Waals surface area (Å²) in [7, 11) is 0. The van der Waals surface area contributed by atoms with Crippen LogP contribution in [0.5, 0.6) is 0 Å². The van der Waals surface area contributed by atoms with Gasteiger partial charge in [-0.1, -0.05) is 0 Å². The summed E-state index contributed by atoms with van der Waals surface area (Å²) in [6.45, 7) is 4.43. The number of aromatic nitrogens is 1. The molecule has 1 saturated heterocycles. The lowest BCUT2D eigenvalue weighted by Gasteiger charge is -2.36. The molecular weight excluding hydrogens is 244 g/mol. The Morgan fingerprint density at radius 3 is 2.88 bits per heavy atom. The maximum absolute atomic E-state index is 6.07.